The quantitative estimate of drug-likeness (QED) is 0.830. The van der Waals surface area contributed by atoms with Gasteiger partial charge in [-0.1, -0.05) is 6.07 Å². The lowest BCUT2D eigenvalue weighted by Crippen LogP contribution is -2.63. The second-order valence-corrected chi connectivity index (χ2v) is 6.69. The summed E-state index contributed by atoms with van der Waals surface area (Å²) < 4.78 is 39.7. The van der Waals surface area contributed by atoms with Crippen molar-refractivity contribution in [3.05, 3.63) is 35.1 Å². The number of carbonyl (C=O) groups is 1. The third kappa shape index (κ3) is 3.09. The fourth-order valence-corrected chi connectivity index (χ4v) is 3.70. The number of aliphatic hydroxyl groups excluding tert-OH is 1. The Labute approximate surface area is 138 Å². The Bertz CT molecular complexity index is 635. The number of halogens is 3. The Balaban J connectivity index is 1.57. The minimum absolute atomic E-state index is 0.0293. The van der Waals surface area contributed by atoms with E-state index in [2.05, 4.69) is 5.32 Å². The second-order valence-electron chi connectivity index (χ2n) is 6.69. The molecule has 4 nitrogen and oxygen atoms in total. The zero-order valence-corrected chi connectivity index (χ0v) is 13.3. The molecule has 1 aromatic carbocycles. The van der Waals surface area contributed by atoms with Gasteiger partial charge in [0.05, 0.1) is 6.10 Å². The monoisotopic (exact) mass is 342 g/mol. The van der Waals surface area contributed by atoms with Gasteiger partial charge < -0.3 is 15.3 Å². The second kappa shape index (κ2) is 6.63. The van der Waals surface area contributed by atoms with Gasteiger partial charge >= 0.3 is 6.03 Å². The Morgan fingerprint density at radius 1 is 1.29 bits per heavy atom. The van der Waals surface area contributed by atoms with Crippen LogP contribution >= 0.6 is 0 Å². The van der Waals surface area contributed by atoms with Crippen molar-refractivity contribution in [1.82, 2.24) is 10.2 Å². The number of piperidine rings is 1. The summed E-state index contributed by atoms with van der Waals surface area (Å²) in [6.45, 7) is 0.627. The van der Waals surface area contributed by atoms with Gasteiger partial charge in [0.2, 0.25) is 0 Å². The Morgan fingerprint density at radius 2 is 2.04 bits per heavy atom. The molecule has 1 aromatic rings. The molecule has 1 heterocycles. The van der Waals surface area contributed by atoms with Crippen LogP contribution in [0.15, 0.2) is 12.1 Å². The number of amides is 2. The summed E-state index contributed by atoms with van der Waals surface area (Å²) in [5.74, 6) is -3.92. The van der Waals surface area contributed by atoms with E-state index in [1.165, 1.54) is 6.07 Å². The third-order valence-corrected chi connectivity index (χ3v) is 5.19. The van der Waals surface area contributed by atoms with Crippen LogP contribution in [0.4, 0.5) is 18.0 Å². The maximum absolute atomic E-state index is 13.6. The third-order valence-electron chi connectivity index (χ3n) is 5.19. The first kappa shape index (κ1) is 17.1. The normalized spacial score (nSPS) is 22.3. The highest BCUT2D eigenvalue weighted by atomic mass is 19.2. The number of benzene rings is 1. The van der Waals surface area contributed by atoms with Crippen molar-refractivity contribution in [2.75, 3.05) is 13.1 Å². The average Bonchev–Trinajstić information content (AvgIpc) is 2.53. The predicted octanol–water partition coefficient (Wildman–Crippen LogP) is 2.74. The van der Waals surface area contributed by atoms with Gasteiger partial charge in [-0.25, -0.2) is 18.0 Å². The first-order valence-electron chi connectivity index (χ1n) is 8.29. The highest BCUT2D eigenvalue weighted by Crippen LogP contribution is 2.44. The molecule has 1 spiro atoms. The Kier molecular flexibility index (Phi) is 4.71. The fourth-order valence-electron chi connectivity index (χ4n) is 3.70. The number of aliphatic hydroxyl groups is 1. The summed E-state index contributed by atoms with van der Waals surface area (Å²) in [6, 6.07) is 1.82. The van der Waals surface area contributed by atoms with Crippen LogP contribution in [0.5, 0.6) is 0 Å². The molecule has 7 heteroatoms. The van der Waals surface area contributed by atoms with Crippen LogP contribution in [0, 0.1) is 17.5 Å². The number of rotatable bonds is 3. The number of nitrogens with one attached hydrogen (secondary N) is 1. The predicted molar refractivity (Wildman–Crippen MR) is 81.9 cm³/mol. The van der Waals surface area contributed by atoms with Crippen LogP contribution in [0.1, 0.15) is 37.7 Å². The summed E-state index contributed by atoms with van der Waals surface area (Å²) in [7, 11) is 0. The van der Waals surface area contributed by atoms with Crippen LogP contribution < -0.4 is 5.32 Å². The lowest BCUT2D eigenvalue weighted by molar-refractivity contribution is -0.0398. The molecule has 1 unspecified atom stereocenters. The molecule has 2 aliphatic rings. The first-order valence-corrected chi connectivity index (χ1v) is 8.29. The fraction of sp³-hybridized carbons (Fsp3) is 0.588. The van der Waals surface area contributed by atoms with Crippen molar-refractivity contribution in [2.24, 2.45) is 0 Å². The van der Waals surface area contributed by atoms with E-state index in [-0.39, 0.29) is 36.2 Å². The van der Waals surface area contributed by atoms with Crippen molar-refractivity contribution < 1.29 is 23.1 Å². The van der Waals surface area contributed by atoms with E-state index in [9.17, 15) is 23.1 Å². The average molecular weight is 342 g/mol. The molecule has 2 N–H and O–H groups in total. The van der Waals surface area contributed by atoms with Gasteiger partial charge in [-0.15, -0.1) is 0 Å². The van der Waals surface area contributed by atoms with E-state index >= 15 is 0 Å². The van der Waals surface area contributed by atoms with E-state index in [0.29, 0.717) is 19.4 Å². The number of carbonyl (C=O) groups excluding carboxylic acids is 1. The molecule has 0 radical (unpaired) electrons. The molecule has 1 saturated heterocycles. The van der Waals surface area contributed by atoms with Crippen molar-refractivity contribution in [2.45, 2.75) is 50.2 Å². The van der Waals surface area contributed by atoms with Crippen molar-refractivity contribution in [3.63, 3.8) is 0 Å². The molecule has 2 fully saturated rings. The molecule has 0 aromatic heterocycles. The highest BCUT2D eigenvalue weighted by molar-refractivity contribution is 5.75. The number of hydrogen-bond acceptors (Lipinski definition) is 2. The van der Waals surface area contributed by atoms with Crippen molar-refractivity contribution >= 4 is 6.03 Å². The molecule has 1 aliphatic heterocycles. The standard InChI is InChI=1S/C17H21F3N2O2/c18-13-3-2-11(14(19)15(13)20)4-8-21-16(24)22-9-5-12(23)10-17(22)6-1-7-17/h2-3,12,23H,1,4-10H2,(H,21,24). The molecule has 1 aliphatic carbocycles. The minimum atomic E-state index is -1.49. The topological polar surface area (TPSA) is 52.6 Å². The zero-order valence-electron chi connectivity index (χ0n) is 13.3. The Hall–Kier alpha value is -1.76. The van der Waals surface area contributed by atoms with Crippen LogP contribution in [0.25, 0.3) is 0 Å². The van der Waals surface area contributed by atoms with Gasteiger partial charge in [0.1, 0.15) is 0 Å². The smallest absolute Gasteiger partial charge is 0.317 e. The molecule has 132 valence electrons. The van der Waals surface area contributed by atoms with Gasteiger partial charge in [0.25, 0.3) is 0 Å². The summed E-state index contributed by atoms with van der Waals surface area (Å²) >= 11 is 0. The van der Waals surface area contributed by atoms with Gasteiger partial charge in [-0.3, -0.25) is 0 Å². The summed E-state index contributed by atoms with van der Waals surface area (Å²) in [6.07, 6.45) is 3.66. The van der Waals surface area contributed by atoms with E-state index in [1.54, 1.807) is 4.90 Å². The Morgan fingerprint density at radius 3 is 2.71 bits per heavy atom. The molecule has 0 bridgehead atoms. The maximum atomic E-state index is 13.6. The van der Waals surface area contributed by atoms with Gasteiger partial charge in [-0.05, 0) is 50.2 Å². The molecular formula is C17H21F3N2O2. The van der Waals surface area contributed by atoms with Gasteiger partial charge in [0, 0.05) is 18.6 Å². The number of hydrogen-bond donors (Lipinski definition) is 2. The highest BCUT2D eigenvalue weighted by Gasteiger charge is 2.48. The summed E-state index contributed by atoms with van der Waals surface area (Å²) in [5.41, 5.74) is -0.226. The molecule has 1 saturated carbocycles. The molecule has 1 atom stereocenters. The lowest BCUT2D eigenvalue weighted by Gasteiger charge is -2.54. The number of likely N-dealkylation sites (tertiary alicyclic amines) is 1. The molecular weight excluding hydrogens is 321 g/mol. The van der Waals surface area contributed by atoms with Gasteiger partial charge in [-0.2, -0.15) is 0 Å². The van der Waals surface area contributed by atoms with Crippen LogP contribution in [0.3, 0.4) is 0 Å². The van der Waals surface area contributed by atoms with E-state index in [1.807, 2.05) is 0 Å². The van der Waals surface area contributed by atoms with Crippen molar-refractivity contribution in [1.29, 1.82) is 0 Å². The van der Waals surface area contributed by atoms with Crippen LogP contribution in [0.2, 0.25) is 0 Å². The number of urea groups is 1. The van der Waals surface area contributed by atoms with E-state index in [4.69, 9.17) is 0 Å². The van der Waals surface area contributed by atoms with Gasteiger partial charge in [0.15, 0.2) is 17.5 Å². The minimum Gasteiger partial charge on any atom is -0.393 e. The maximum Gasteiger partial charge on any atom is 0.317 e. The summed E-state index contributed by atoms with van der Waals surface area (Å²) in [4.78, 5) is 14.2. The number of nitrogens with zero attached hydrogens (tertiary/aromatic N) is 1. The lowest BCUT2D eigenvalue weighted by atomic mass is 9.69. The molecule has 24 heavy (non-hydrogen) atoms. The first-order chi connectivity index (χ1) is 11.4. The zero-order chi connectivity index (χ0) is 17.3. The van der Waals surface area contributed by atoms with E-state index < -0.39 is 17.5 Å². The van der Waals surface area contributed by atoms with Crippen molar-refractivity contribution in [3.8, 4) is 0 Å². The van der Waals surface area contributed by atoms with E-state index in [0.717, 1.165) is 25.3 Å². The SMILES string of the molecule is O=C(NCCc1ccc(F)c(F)c1F)N1CCC(O)CC12CCC2. The largest absolute Gasteiger partial charge is 0.393 e. The molecule has 3 rings (SSSR count). The summed E-state index contributed by atoms with van der Waals surface area (Å²) in [5, 5.41) is 12.6. The van der Waals surface area contributed by atoms with Crippen LogP contribution in [-0.4, -0.2) is 40.8 Å². The molecule has 2 amide bonds. The van der Waals surface area contributed by atoms with Crippen LogP contribution in [-0.2, 0) is 6.42 Å².